The minimum Gasteiger partial charge on any atom is -0.320 e. The van der Waals surface area contributed by atoms with E-state index in [1.165, 1.54) is 25.3 Å². The normalized spacial score (nSPS) is 18.2. The molecule has 1 aromatic rings. The topological polar surface area (TPSA) is 72.2 Å². The van der Waals surface area contributed by atoms with E-state index in [0.29, 0.717) is 5.69 Å². The minimum atomic E-state index is -0.437. The summed E-state index contributed by atoms with van der Waals surface area (Å²) >= 11 is 0. The zero-order valence-corrected chi connectivity index (χ0v) is 12.6. The van der Waals surface area contributed by atoms with Gasteiger partial charge in [0.2, 0.25) is 5.91 Å². The largest absolute Gasteiger partial charge is 0.320 e. The van der Waals surface area contributed by atoms with Crippen LogP contribution >= 0.6 is 0 Å². The lowest BCUT2D eigenvalue weighted by Crippen LogP contribution is -2.19. The molecule has 1 aliphatic heterocycles. The number of rotatable bonds is 7. The van der Waals surface area contributed by atoms with Gasteiger partial charge in [0.15, 0.2) is 0 Å². The monoisotopic (exact) mass is 290 g/mol. The molecule has 0 bridgehead atoms. The van der Waals surface area contributed by atoms with Crippen molar-refractivity contribution in [3.63, 3.8) is 0 Å². The van der Waals surface area contributed by atoms with E-state index in [0.717, 1.165) is 18.4 Å². The zero-order valence-electron chi connectivity index (χ0n) is 12.6. The first-order valence-corrected chi connectivity index (χ1v) is 7.64. The highest BCUT2D eigenvalue weighted by molar-refractivity contribution is 6.05. The molecule has 2 atom stereocenters. The smallest absolute Gasteiger partial charge is 0.293 e. The SMILES string of the molecule is CCCCCCC(C)C1C(=O)Nc2c1cccc2[N+](=O)[O-]. The number of carbonyl (C=O) groups excluding carboxylic acids is 1. The summed E-state index contributed by atoms with van der Waals surface area (Å²) in [4.78, 5) is 22.8. The van der Waals surface area contributed by atoms with Gasteiger partial charge < -0.3 is 5.32 Å². The Kier molecular flexibility index (Phi) is 4.94. The standard InChI is InChI=1S/C16H22N2O3/c1-3-4-5-6-8-11(2)14-12-9-7-10-13(18(20)21)15(12)17-16(14)19/h7,9-11,14H,3-6,8H2,1-2H3,(H,17,19). The maximum Gasteiger partial charge on any atom is 0.293 e. The number of nitrogens with one attached hydrogen (secondary N) is 1. The third kappa shape index (κ3) is 3.23. The van der Waals surface area contributed by atoms with Crippen LogP contribution in [0.1, 0.15) is 57.4 Å². The van der Waals surface area contributed by atoms with Crippen molar-refractivity contribution in [3.8, 4) is 0 Å². The van der Waals surface area contributed by atoms with E-state index in [4.69, 9.17) is 0 Å². The van der Waals surface area contributed by atoms with Crippen LogP contribution in [0, 0.1) is 16.0 Å². The summed E-state index contributed by atoms with van der Waals surface area (Å²) in [5, 5.41) is 13.7. The number of para-hydroxylation sites is 1. The quantitative estimate of drug-likeness (QED) is 0.464. The maximum atomic E-state index is 12.2. The zero-order chi connectivity index (χ0) is 15.4. The second-order valence-electron chi connectivity index (χ2n) is 5.79. The molecule has 0 saturated carbocycles. The van der Waals surface area contributed by atoms with Gasteiger partial charge in [-0.1, -0.05) is 51.7 Å². The highest BCUT2D eigenvalue weighted by Crippen LogP contribution is 2.43. The van der Waals surface area contributed by atoms with Gasteiger partial charge in [-0.15, -0.1) is 0 Å². The van der Waals surface area contributed by atoms with Crippen LogP contribution in [0.5, 0.6) is 0 Å². The van der Waals surface area contributed by atoms with E-state index in [1.54, 1.807) is 6.07 Å². The third-order valence-electron chi connectivity index (χ3n) is 4.22. The van der Waals surface area contributed by atoms with Crippen molar-refractivity contribution in [1.29, 1.82) is 0 Å². The molecule has 0 radical (unpaired) electrons. The molecule has 21 heavy (non-hydrogen) atoms. The number of nitro groups is 1. The Balaban J connectivity index is 2.15. The van der Waals surface area contributed by atoms with Gasteiger partial charge in [-0.25, -0.2) is 0 Å². The maximum absolute atomic E-state index is 12.2. The van der Waals surface area contributed by atoms with Gasteiger partial charge in [0.05, 0.1) is 10.8 Å². The molecular formula is C16H22N2O3. The summed E-state index contributed by atoms with van der Waals surface area (Å²) in [6, 6.07) is 4.93. The molecule has 0 aromatic heterocycles. The molecule has 114 valence electrons. The predicted molar refractivity (Wildman–Crippen MR) is 82.4 cm³/mol. The Morgan fingerprint density at radius 1 is 1.33 bits per heavy atom. The van der Waals surface area contributed by atoms with Gasteiger partial charge in [-0.3, -0.25) is 14.9 Å². The van der Waals surface area contributed by atoms with Crippen LogP contribution in [-0.2, 0) is 4.79 Å². The van der Waals surface area contributed by atoms with E-state index < -0.39 is 4.92 Å². The van der Waals surface area contributed by atoms with E-state index in [2.05, 4.69) is 19.2 Å². The molecule has 1 aliphatic rings. The van der Waals surface area contributed by atoms with Crippen LogP contribution in [0.15, 0.2) is 18.2 Å². The molecule has 1 amide bonds. The van der Waals surface area contributed by atoms with Crippen LogP contribution < -0.4 is 5.32 Å². The lowest BCUT2D eigenvalue weighted by Gasteiger charge is -2.17. The van der Waals surface area contributed by atoms with Crippen LogP contribution in [-0.4, -0.2) is 10.8 Å². The Morgan fingerprint density at radius 2 is 2.10 bits per heavy atom. The summed E-state index contributed by atoms with van der Waals surface area (Å²) in [7, 11) is 0. The van der Waals surface area contributed by atoms with E-state index >= 15 is 0 Å². The summed E-state index contributed by atoms with van der Waals surface area (Å²) in [5.41, 5.74) is 1.15. The van der Waals surface area contributed by atoms with Crippen LogP contribution in [0.2, 0.25) is 0 Å². The lowest BCUT2D eigenvalue weighted by atomic mass is 9.84. The Hall–Kier alpha value is -1.91. The summed E-state index contributed by atoms with van der Waals surface area (Å²) < 4.78 is 0. The number of nitro benzene ring substituents is 1. The third-order valence-corrected chi connectivity index (χ3v) is 4.22. The molecule has 5 heteroatoms. The van der Waals surface area contributed by atoms with Crippen LogP contribution in [0.4, 0.5) is 11.4 Å². The molecule has 0 fully saturated rings. The van der Waals surface area contributed by atoms with Crippen molar-refractivity contribution in [2.24, 2.45) is 5.92 Å². The minimum absolute atomic E-state index is 0.0125. The average molecular weight is 290 g/mol. The molecule has 0 saturated heterocycles. The average Bonchev–Trinajstić information content (AvgIpc) is 2.78. The number of anilines is 1. The fourth-order valence-corrected chi connectivity index (χ4v) is 3.07. The second-order valence-corrected chi connectivity index (χ2v) is 5.79. The van der Waals surface area contributed by atoms with Gasteiger partial charge in [0.25, 0.3) is 5.69 Å². The molecule has 0 aliphatic carbocycles. The molecule has 1 heterocycles. The molecule has 2 rings (SSSR count). The number of hydrogen-bond donors (Lipinski definition) is 1. The number of hydrogen-bond acceptors (Lipinski definition) is 3. The number of carbonyl (C=O) groups is 1. The van der Waals surface area contributed by atoms with Crippen molar-refractivity contribution >= 4 is 17.3 Å². The summed E-state index contributed by atoms with van der Waals surface area (Å²) in [6.07, 6.45) is 5.65. The van der Waals surface area contributed by atoms with E-state index in [-0.39, 0.29) is 23.4 Å². The molecule has 1 aromatic carbocycles. The predicted octanol–water partition coefficient (Wildman–Crippen LogP) is 4.24. The highest BCUT2D eigenvalue weighted by Gasteiger charge is 2.38. The highest BCUT2D eigenvalue weighted by atomic mass is 16.6. The molecular weight excluding hydrogens is 268 g/mol. The van der Waals surface area contributed by atoms with Gasteiger partial charge in [0, 0.05) is 6.07 Å². The number of unbranched alkanes of at least 4 members (excludes halogenated alkanes) is 3. The number of fused-ring (bicyclic) bond motifs is 1. The molecule has 2 unspecified atom stereocenters. The van der Waals surface area contributed by atoms with Crippen molar-refractivity contribution in [2.75, 3.05) is 5.32 Å². The first kappa shape index (κ1) is 15.5. The first-order chi connectivity index (χ1) is 10.1. The van der Waals surface area contributed by atoms with Gasteiger partial charge in [0.1, 0.15) is 5.69 Å². The summed E-state index contributed by atoms with van der Waals surface area (Å²) in [6.45, 7) is 4.23. The summed E-state index contributed by atoms with van der Waals surface area (Å²) in [5.74, 6) is -0.172. The molecule has 0 spiro atoms. The van der Waals surface area contributed by atoms with Gasteiger partial charge in [-0.2, -0.15) is 0 Å². The Morgan fingerprint density at radius 3 is 2.76 bits per heavy atom. The first-order valence-electron chi connectivity index (χ1n) is 7.64. The molecule has 1 N–H and O–H groups in total. The number of nitrogens with zero attached hydrogens (tertiary/aromatic N) is 1. The van der Waals surface area contributed by atoms with Crippen LogP contribution in [0.25, 0.3) is 0 Å². The number of benzene rings is 1. The van der Waals surface area contributed by atoms with Gasteiger partial charge in [-0.05, 0) is 17.9 Å². The van der Waals surface area contributed by atoms with Crippen LogP contribution in [0.3, 0.4) is 0 Å². The Bertz CT molecular complexity index is 542. The second kappa shape index (κ2) is 6.70. The Labute approximate surface area is 124 Å². The van der Waals surface area contributed by atoms with Crippen molar-refractivity contribution in [1.82, 2.24) is 0 Å². The fraction of sp³-hybridized carbons (Fsp3) is 0.562. The molecule has 5 nitrogen and oxygen atoms in total. The van der Waals surface area contributed by atoms with Crippen molar-refractivity contribution < 1.29 is 9.72 Å². The van der Waals surface area contributed by atoms with E-state index in [1.807, 2.05) is 6.07 Å². The van der Waals surface area contributed by atoms with Gasteiger partial charge >= 0.3 is 0 Å². The fourth-order valence-electron chi connectivity index (χ4n) is 3.07. The van der Waals surface area contributed by atoms with Crippen molar-refractivity contribution in [3.05, 3.63) is 33.9 Å². The van der Waals surface area contributed by atoms with E-state index in [9.17, 15) is 14.9 Å². The number of amides is 1. The lowest BCUT2D eigenvalue weighted by molar-refractivity contribution is -0.383. The van der Waals surface area contributed by atoms with Crippen molar-refractivity contribution in [2.45, 2.75) is 51.9 Å².